The van der Waals surface area contributed by atoms with Crippen molar-refractivity contribution in [3.05, 3.63) is 93.9 Å². The van der Waals surface area contributed by atoms with E-state index in [0.717, 1.165) is 23.4 Å². The summed E-state index contributed by atoms with van der Waals surface area (Å²) in [7, 11) is 0. The number of alkyl halides is 3. The third-order valence-electron chi connectivity index (χ3n) is 4.06. The Bertz CT molecular complexity index is 926. The van der Waals surface area contributed by atoms with Crippen molar-refractivity contribution in [1.29, 1.82) is 0 Å². The molecule has 25 heavy (non-hydrogen) atoms. The lowest BCUT2D eigenvalue weighted by Gasteiger charge is -2.13. The zero-order valence-electron chi connectivity index (χ0n) is 13.5. The van der Waals surface area contributed by atoms with Gasteiger partial charge in [0.05, 0.1) is 12.1 Å². The Morgan fingerprint density at radius 1 is 0.880 bits per heavy atom. The fraction of sp³-hybridized carbons (Fsp3) is 0.150. The summed E-state index contributed by atoms with van der Waals surface area (Å²) in [5, 5.41) is 0. The lowest BCUT2D eigenvalue weighted by Crippen LogP contribution is -2.22. The minimum Gasteiger partial charge on any atom is -0.308 e. The molecule has 0 aliphatic carbocycles. The minimum atomic E-state index is -4.37. The van der Waals surface area contributed by atoms with Gasteiger partial charge in [0.2, 0.25) is 0 Å². The van der Waals surface area contributed by atoms with E-state index >= 15 is 0 Å². The van der Waals surface area contributed by atoms with E-state index in [2.05, 4.69) is 0 Å². The summed E-state index contributed by atoms with van der Waals surface area (Å²) in [5.41, 5.74) is 2.07. The molecule has 0 bridgehead atoms. The van der Waals surface area contributed by atoms with Gasteiger partial charge in [0.15, 0.2) is 0 Å². The van der Waals surface area contributed by atoms with Crippen molar-refractivity contribution in [2.24, 2.45) is 0 Å². The SMILES string of the molecule is Cc1cc(-c2ccc(C(F)(F)F)cc2)cc(=O)n1Cc1ccccc1. The predicted octanol–water partition coefficient (Wildman–Crippen LogP) is 4.89. The van der Waals surface area contributed by atoms with Crippen LogP contribution in [0.15, 0.2) is 71.5 Å². The number of hydrogen-bond donors (Lipinski definition) is 0. The molecule has 2 aromatic carbocycles. The molecule has 1 aromatic heterocycles. The first-order valence-electron chi connectivity index (χ1n) is 7.77. The molecule has 0 spiro atoms. The first-order valence-corrected chi connectivity index (χ1v) is 7.77. The van der Waals surface area contributed by atoms with Crippen molar-refractivity contribution in [2.75, 3.05) is 0 Å². The average molecular weight is 343 g/mol. The summed E-state index contributed by atoms with van der Waals surface area (Å²) in [4.78, 5) is 12.4. The van der Waals surface area contributed by atoms with Gasteiger partial charge in [-0.2, -0.15) is 13.2 Å². The summed E-state index contributed by atoms with van der Waals surface area (Å²) in [5.74, 6) is 0. The fourth-order valence-electron chi connectivity index (χ4n) is 2.72. The van der Waals surface area contributed by atoms with Crippen LogP contribution in [-0.2, 0) is 12.7 Å². The summed E-state index contributed by atoms with van der Waals surface area (Å²) < 4.78 is 39.6. The maximum absolute atomic E-state index is 12.7. The normalized spacial score (nSPS) is 11.5. The van der Waals surface area contributed by atoms with Crippen LogP contribution in [0.3, 0.4) is 0 Å². The summed E-state index contributed by atoms with van der Waals surface area (Å²) in [6.07, 6.45) is -4.37. The number of aryl methyl sites for hydroxylation is 1. The van der Waals surface area contributed by atoms with Crippen LogP contribution in [0.5, 0.6) is 0 Å². The number of rotatable bonds is 3. The summed E-state index contributed by atoms with van der Waals surface area (Å²) >= 11 is 0. The third kappa shape index (κ3) is 3.82. The van der Waals surface area contributed by atoms with Gasteiger partial charge in [-0.05, 0) is 41.8 Å². The second-order valence-corrected chi connectivity index (χ2v) is 5.87. The van der Waals surface area contributed by atoms with E-state index in [4.69, 9.17) is 0 Å². The minimum absolute atomic E-state index is 0.182. The highest BCUT2D eigenvalue weighted by atomic mass is 19.4. The molecule has 3 aromatic rings. The van der Waals surface area contributed by atoms with E-state index < -0.39 is 11.7 Å². The second kappa shape index (κ2) is 6.59. The Morgan fingerprint density at radius 2 is 1.52 bits per heavy atom. The average Bonchev–Trinajstić information content (AvgIpc) is 2.58. The highest BCUT2D eigenvalue weighted by Crippen LogP contribution is 2.30. The topological polar surface area (TPSA) is 22.0 Å². The Labute approximate surface area is 143 Å². The van der Waals surface area contributed by atoms with Crippen LogP contribution in [0, 0.1) is 6.92 Å². The van der Waals surface area contributed by atoms with Crippen LogP contribution < -0.4 is 5.56 Å². The highest BCUT2D eigenvalue weighted by Gasteiger charge is 2.29. The summed E-state index contributed by atoms with van der Waals surface area (Å²) in [6, 6.07) is 17.7. The van der Waals surface area contributed by atoms with Gasteiger partial charge in [-0.1, -0.05) is 42.5 Å². The molecular weight excluding hydrogens is 327 g/mol. The van der Waals surface area contributed by atoms with E-state index in [1.165, 1.54) is 18.2 Å². The van der Waals surface area contributed by atoms with Gasteiger partial charge in [0.1, 0.15) is 0 Å². The zero-order valence-corrected chi connectivity index (χ0v) is 13.5. The molecule has 3 rings (SSSR count). The van der Waals surface area contributed by atoms with Gasteiger partial charge >= 0.3 is 6.18 Å². The highest BCUT2D eigenvalue weighted by molar-refractivity contribution is 5.63. The van der Waals surface area contributed by atoms with Crippen LogP contribution in [0.25, 0.3) is 11.1 Å². The Hall–Kier alpha value is -2.82. The molecule has 0 saturated carbocycles. The van der Waals surface area contributed by atoms with Crippen molar-refractivity contribution in [3.8, 4) is 11.1 Å². The van der Waals surface area contributed by atoms with E-state index in [1.807, 2.05) is 43.3 Å². The number of aromatic nitrogens is 1. The standard InChI is InChI=1S/C20H16F3NO/c1-14-11-17(16-7-9-18(10-8-16)20(21,22)23)12-19(25)24(14)13-15-5-3-2-4-6-15/h2-12H,13H2,1H3. The smallest absolute Gasteiger partial charge is 0.308 e. The number of nitrogens with zero attached hydrogens (tertiary/aromatic N) is 1. The van der Waals surface area contributed by atoms with E-state index in [9.17, 15) is 18.0 Å². The monoisotopic (exact) mass is 343 g/mol. The van der Waals surface area contributed by atoms with Crippen LogP contribution >= 0.6 is 0 Å². The van der Waals surface area contributed by atoms with Gasteiger partial charge in [-0.25, -0.2) is 0 Å². The van der Waals surface area contributed by atoms with E-state index in [-0.39, 0.29) is 5.56 Å². The van der Waals surface area contributed by atoms with Crippen molar-refractivity contribution in [2.45, 2.75) is 19.6 Å². The third-order valence-corrected chi connectivity index (χ3v) is 4.06. The van der Waals surface area contributed by atoms with Gasteiger partial charge in [-0.3, -0.25) is 4.79 Å². The quantitative estimate of drug-likeness (QED) is 0.664. The molecule has 0 atom stereocenters. The van der Waals surface area contributed by atoms with Crippen molar-refractivity contribution in [1.82, 2.24) is 4.57 Å². The molecule has 0 N–H and O–H groups in total. The van der Waals surface area contributed by atoms with Crippen molar-refractivity contribution >= 4 is 0 Å². The van der Waals surface area contributed by atoms with Gasteiger partial charge in [-0.15, -0.1) is 0 Å². The molecule has 1 heterocycles. The largest absolute Gasteiger partial charge is 0.416 e. The van der Waals surface area contributed by atoms with Crippen molar-refractivity contribution < 1.29 is 13.2 Å². The van der Waals surface area contributed by atoms with Gasteiger partial charge < -0.3 is 4.57 Å². The Kier molecular flexibility index (Phi) is 4.49. The number of halogens is 3. The van der Waals surface area contributed by atoms with E-state index in [1.54, 1.807) is 4.57 Å². The van der Waals surface area contributed by atoms with Gasteiger partial charge in [0.25, 0.3) is 5.56 Å². The maximum atomic E-state index is 12.7. The zero-order chi connectivity index (χ0) is 18.0. The predicted molar refractivity (Wildman–Crippen MR) is 91.4 cm³/mol. The first-order chi connectivity index (χ1) is 11.8. The number of hydrogen-bond acceptors (Lipinski definition) is 1. The molecule has 2 nitrogen and oxygen atoms in total. The molecule has 0 aliphatic heterocycles. The summed E-state index contributed by atoms with van der Waals surface area (Å²) in [6.45, 7) is 2.27. The molecule has 0 radical (unpaired) electrons. The molecule has 5 heteroatoms. The van der Waals surface area contributed by atoms with Crippen LogP contribution in [0.2, 0.25) is 0 Å². The Balaban J connectivity index is 1.93. The molecule has 0 fully saturated rings. The molecule has 0 unspecified atom stereocenters. The number of benzene rings is 2. The fourth-order valence-corrected chi connectivity index (χ4v) is 2.72. The molecule has 128 valence electrons. The molecule has 0 saturated heterocycles. The van der Waals surface area contributed by atoms with Crippen LogP contribution in [0.1, 0.15) is 16.8 Å². The number of pyridine rings is 1. The van der Waals surface area contributed by atoms with Gasteiger partial charge in [0, 0.05) is 11.8 Å². The van der Waals surface area contributed by atoms with Crippen molar-refractivity contribution in [3.63, 3.8) is 0 Å². The second-order valence-electron chi connectivity index (χ2n) is 5.87. The molecule has 0 aliphatic rings. The lowest BCUT2D eigenvalue weighted by molar-refractivity contribution is -0.137. The molecule has 0 amide bonds. The maximum Gasteiger partial charge on any atom is 0.416 e. The van der Waals surface area contributed by atoms with Crippen LogP contribution in [0.4, 0.5) is 13.2 Å². The van der Waals surface area contributed by atoms with Crippen LogP contribution in [-0.4, -0.2) is 4.57 Å². The first kappa shape index (κ1) is 17.0. The van der Waals surface area contributed by atoms with E-state index in [0.29, 0.717) is 17.7 Å². The lowest BCUT2D eigenvalue weighted by atomic mass is 10.0. The Morgan fingerprint density at radius 3 is 2.08 bits per heavy atom. The molecular formula is C20H16F3NO.